The first-order valence-electron chi connectivity index (χ1n) is 12.7. The maximum atomic E-state index is 13.8. The van der Waals surface area contributed by atoms with Crippen molar-refractivity contribution in [2.75, 3.05) is 52.0 Å². The van der Waals surface area contributed by atoms with Crippen molar-refractivity contribution in [1.82, 2.24) is 15.1 Å². The minimum absolute atomic E-state index is 0.0168. The van der Waals surface area contributed by atoms with Crippen LogP contribution in [0.5, 0.6) is 11.5 Å². The van der Waals surface area contributed by atoms with Gasteiger partial charge in [-0.15, -0.1) is 0 Å². The summed E-state index contributed by atoms with van der Waals surface area (Å²) in [5.74, 6) is 1.07. The first-order chi connectivity index (χ1) is 17.8. The largest absolute Gasteiger partial charge is 0.497 e. The Kier molecular flexibility index (Phi) is 7.90. The van der Waals surface area contributed by atoms with Crippen molar-refractivity contribution >= 4 is 23.4 Å². The van der Waals surface area contributed by atoms with Crippen molar-refractivity contribution in [3.05, 3.63) is 54.1 Å². The molecular formula is C28H36N4O5. The molecule has 0 radical (unpaired) electrons. The van der Waals surface area contributed by atoms with Gasteiger partial charge < -0.3 is 29.5 Å². The van der Waals surface area contributed by atoms with Crippen LogP contribution in [0.4, 0.5) is 5.69 Å². The summed E-state index contributed by atoms with van der Waals surface area (Å²) >= 11 is 0. The molecule has 0 atom stereocenters. The minimum atomic E-state index is -0.803. The van der Waals surface area contributed by atoms with Crippen molar-refractivity contribution in [2.24, 2.45) is 5.92 Å². The van der Waals surface area contributed by atoms with E-state index in [-0.39, 0.29) is 24.3 Å². The predicted molar refractivity (Wildman–Crippen MR) is 141 cm³/mol. The molecule has 0 saturated carbocycles. The fourth-order valence-electron chi connectivity index (χ4n) is 5.06. The van der Waals surface area contributed by atoms with Crippen molar-refractivity contribution in [3.63, 3.8) is 0 Å². The summed E-state index contributed by atoms with van der Waals surface area (Å²) in [7, 11) is 3.10. The fourth-order valence-corrected chi connectivity index (χ4v) is 5.06. The Balaban J connectivity index is 1.53. The van der Waals surface area contributed by atoms with Crippen LogP contribution in [0, 0.1) is 5.92 Å². The van der Waals surface area contributed by atoms with Gasteiger partial charge in [0.1, 0.15) is 23.6 Å². The standard InChI is InChI=1S/C28H36N4O5/c1-20(2)17-29-25(33)18-31-19-32(22-8-6-5-7-9-22)28(27(31)35)10-12-30(13-11-28)26(34)21-14-23(36-3)16-24(15-21)37-4/h5-9,14-16,20H,10-13,17-19H2,1-4H3,(H,29,33). The number of piperidine rings is 1. The third-order valence-corrected chi connectivity index (χ3v) is 7.10. The molecule has 0 aliphatic carbocycles. The van der Waals surface area contributed by atoms with E-state index in [1.807, 2.05) is 44.2 Å². The Labute approximate surface area is 218 Å². The molecular weight excluding hydrogens is 472 g/mol. The van der Waals surface area contributed by atoms with Crippen molar-refractivity contribution < 1.29 is 23.9 Å². The van der Waals surface area contributed by atoms with Crippen LogP contribution in [-0.2, 0) is 9.59 Å². The zero-order chi connectivity index (χ0) is 26.6. The Bertz CT molecular complexity index is 1110. The number of nitrogens with one attached hydrogen (secondary N) is 1. The van der Waals surface area contributed by atoms with E-state index in [2.05, 4.69) is 10.2 Å². The number of amides is 3. The summed E-state index contributed by atoms with van der Waals surface area (Å²) in [6.45, 7) is 5.82. The van der Waals surface area contributed by atoms with Crippen LogP contribution in [-0.4, -0.2) is 80.1 Å². The second kappa shape index (κ2) is 11.1. The second-order valence-electron chi connectivity index (χ2n) is 10.0. The van der Waals surface area contributed by atoms with E-state index in [1.165, 1.54) is 0 Å². The number of anilines is 1. The summed E-state index contributed by atoms with van der Waals surface area (Å²) in [6.07, 6.45) is 0.940. The zero-order valence-electron chi connectivity index (χ0n) is 22.0. The number of likely N-dealkylation sites (tertiary alicyclic amines) is 1. The van der Waals surface area contributed by atoms with Crippen LogP contribution < -0.4 is 19.7 Å². The van der Waals surface area contributed by atoms with E-state index in [0.717, 1.165) is 5.69 Å². The molecule has 9 nitrogen and oxygen atoms in total. The highest BCUT2D eigenvalue weighted by molar-refractivity contribution is 5.98. The monoisotopic (exact) mass is 508 g/mol. The first kappa shape index (κ1) is 26.3. The predicted octanol–water partition coefficient (Wildman–Crippen LogP) is 2.76. The molecule has 198 valence electrons. The van der Waals surface area contributed by atoms with Gasteiger partial charge in [-0.05, 0) is 43.0 Å². The Hall–Kier alpha value is -3.75. The van der Waals surface area contributed by atoms with Crippen LogP contribution in [0.2, 0.25) is 0 Å². The fraction of sp³-hybridized carbons (Fsp3) is 0.464. The summed E-state index contributed by atoms with van der Waals surface area (Å²) in [6, 6.07) is 14.9. The summed E-state index contributed by atoms with van der Waals surface area (Å²) < 4.78 is 10.6. The topological polar surface area (TPSA) is 91.4 Å². The average Bonchev–Trinajstić information content (AvgIpc) is 3.18. The molecule has 2 aromatic carbocycles. The van der Waals surface area contributed by atoms with Gasteiger partial charge >= 0.3 is 0 Å². The normalized spacial score (nSPS) is 16.9. The summed E-state index contributed by atoms with van der Waals surface area (Å²) in [4.78, 5) is 45.3. The van der Waals surface area contributed by atoms with Crippen LogP contribution >= 0.6 is 0 Å². The number of carbonyl (C=O) groups is 3. The highest BCUT2D eigenvalue weighted by Gasteiger charge is 2.54. The van der Waals surface area contributed by atoms with E-state index < -0.39 is 5.54 Å². The van der Waals surface area contributed by atoms with Crippen LogP contribution in [0.1, 0.15) is 37.0 Å². The number of hydrogen-bond acceptors (Lipinski definition) is 6. The first-order valence-corrected chi connectivity index (χ1v) is 12.7. The van der Waals surface area contributed by atoms with Gasteiger partial charge in [0.25, 0.3) is 11.8 Å². The van der Waals surface area contributed by atoms with Crippen LogP contribution in [0.3, 0.4) is 0 Å². The van der Waals surface area contributed by atoms with E-state index in [0.29, 0.717) is 62.1 Å². The van der Waals surface area contributed by atoms with Gasteiger partial charge in [-0.3, -0.25) is 14.4 Å². The number of rotatable bonds is 8. The molecule has 2 saturated heterocycles. The lowest BCUT2D eigenvalue weighted by atomic mass is 9.85. The van der Waals surface area contributed by atoms with Gasteiger partial charge in [0.2, 0.25) is 5.91 Å². The molecule has 4 rings (SSSR count). The van der Waals surface area contributed by atoms with Crippen molar-refractivity contribution in [1.29, 1.82) is 0 Å². The van der Waals surface area contributed by atoms with Gasteiger partial charge in [0.05, 0.1) is 20.9 Å². The SMILES string of the molecule is COc1cc(OC)cc(C(=O)N2CCC3(CC2)C(=O)N(CC(=O)NCC(C)C)CN3c2ccccc2)c1. The number of nitrogens with zero attached hydrogens (tertiary/aromatic N) is 3. The van der Waals surface area contributed by atoms with Crippen molar-refractivity contribution in [2.45, 2.75) is 32.2 Å². The molecule has 1 spiro atoms. The number of para-hydroxylation sites is 1. The average molecular weight is 509 g/mol. The molecule has 2 aromatic rings. The molecule has 37 heavy (non-hydrogen) atoms. The van der Waals surface area contributed by atoms with Crippen LogP contribution in [0.25, 0.3) is 0 Å². The molecule has 9 heteroatoms. The molecule has 0 unspecified atom stereocenters. The van der Waals surface area contributed by atoms with Gasteiger partial charge in [0.15, 0.2) is 0 Å². The maximum Gasteiger partial charge on any atom is 0.254 e. The number of methoxy groups -OCH3 is 2. The number of hydrogen-bond donors (Lipinski definition) is 1. The highest BCUT2D eigenvalue weighted by atomic mass is 16.5. The van der Waals surface area contributed by atoms with Crippen molar-refractivity contribution in [3.8, 4) is 11.5 Å². The lowest BCUT2D eigenvalue weighted by Crippen LogP contribution is -2.57. The third-order valence-electron chi connectivity index (χ3n) is 7.10. The Morgan fingerprint density at radius 1 is 1.00 bits per heavy atom. The Morgan fingerprint density at radius 3 is 2.19 bits per heavy atom. The lowest BCUT2D eigenvalue weighted by Gasteiger charge is -2.43. The quantitative estimate of drug-likeness (QED) is 0.590. The molecule has 1 N–H and O–H groups in total. The van der Waals surface area contributed by atoms with Gasteiger partial charge in [-0.2, -0.15) is 0 Å². The van der Waals surface area contributed by atoms with E-state index >= 15 is 0 Å². The molecule has 2 aliphatic heterocycles. The van der Waals surface area contributed by atoms with Crippen LogP contribution in [0.15, 0.2) is 48.5 Å². The second-order valence-corrected chi connectivity index (χ2v) is 10.0. The van der Waals surface area contributed by atoms with Gasteiger partial charge in [0, 0.05) is 37.0 Å². The number of ether oxygens (including phenoxy) is 2. The van der Waals surface area contributed by atoms with Gasteiger partial charge in [-0.25, -0.2) is 0 Å². The molecule has 0 bridgehead atoms. The van der Waals surface area contributed by atoms with E-state index in [9.17, 15) is 14.4 Å². The number of carbonyl (C=O) groups excluding carboxylic acids is 3. The highest BCUT2D eigenvalue weighted by Crippen LogP contribution is 2.39. The minimum Gasteiger partial charge on any atom is -0.497 e. The molecule has 0 aromatic heterocycles. The Morgan fingerprint density at radius 2 is 1.62 bits per heavy atom. The summed E-state index contributed by atoms with van der Waals surface area (Å²) in [5.41, 5.74) is 0.606. The van der Waals surface area contributed by atoms with Gasteiger partial charge in [-0.1, -0.05) is 32.0 Å². The smallest absolute Gasteiger partial charge is 0.254 e. The van der Waals surface area contributed by atoms with E-state index in [1.54, 1.807) is 42.2 Å². The molecule has 2 heterocycles. The third kappa shape index (κ3) is 5.50. The number of benzene rings is 2. The van der Waals surface area contributed by atoms with E-state index in [4.69, 9.17) is 9.47 Å². The zero-order valence-corrected chi connectivity index (χ0v) is 22.0. The molecule has 3 amide bonds. The molecule has 2 fully saturated rings. The lowest BCUT2D eigenvalue weighted by molar-refractivity contribution is -0.137. The maximum absolute atomic E-state index is 13.8. The summed E-state index contributed by atoms with van der Waals surface area (Å²) in [5, 5.41) is 2.91. The molecule has 2 aliphatic rings.